The van der Waals surface area contributed by atoms with Gasteiger partial charge in [0.15, 0.2) is 0 Å². The first-order valence-corrected chi connectivity index (χ1v) is 8.29. The van der Waals surface area contributed by atoms with Crippen LogP contribution in [0.1, 0.15) is 30.9 Å². The number of amides is 2. The maximum absolute atomic E-state index is 13.2. The van der Waals surface area contributed by atoms with E-state index in [1.54, 1.807) is 6.92 Å². The molecular formula is C20H22N2O4. The zero-order chi connectivity index (χ0) is 19.2. The Labute approximate surface area is 152 Å². The van der Waals surface area contributed by atoms with E-state index in [-0.39, 0.29) is 12.8 Å². The number of carboxylic acids is 1. The molecule has 2 amide bonds. The van der Waals surface area contributed by atoms with Crippen LogP contribution in [0.15, 0.2) is 60.7 Å². The Morgan fingerprint density at radius 1 is 1.00 bits per heavy atom. The number of nitrogens with two attached hydrogens (primary N) is 1. The lowest BCUT2D eigenvalue weighted by Gasteiger charge is -2.31. The summed E-state index contributed by atoms with van der Waals surface area (Å²) in [6.07, 6.45) is -0.322. The summed E-state index contributed by atoms with van der Waals surface area (Å²) in [5.41, 5.74) is 5.80. The fourth-order valence-corrected chi connectivity index (χ4v) is 2.83. The smallest absolute Gasteiger partial charge is 0.303 e. The molecule has 0 saturated carbocycles. The topological polar surface area (TPSA) is 109 Å². The molecule has 1 atom stereocenters. The van der Waals surface area contributed by atoms with Gasteiger partial charge in [0.25, 0.3) is 0 Å². The highest BCUT2D eigenvalue weighted by atomic mass is 16.4. The van der Waals surface area contributed by atoms with Crippen molar-refractivity contribution in [2.45, 2.75) is 31.2 Å². The van der Waals surface area contributed by atoms with Crippen LogP contribution in [0.3, 0.4) is 0 Å². The zero-order valence-electron chi connectivity index (χ0n) is 14.5. The van der Waals surface area contributed by atoms with Crippen LogP contribution in [0.5, 0.6) is 0 Å². The lowest BCUT2D eigenvalue weighted by molar-refractivity contribution is -0.138. The SMILES string of the molecule is CC(C(=O)N[C@H](CCC(=O)O)C(N)=O)(c1ccccc1)c1ccccc1. The van der Waals surface area contributed by atoms with Gasteiger partial charge >= 0.3 is 5.97 Å². The van der Waals surface area contributed by atoms with E-state index in [4.69, 9.17) is 10.8 Å². The number of nitrogens with one attached hydrogen (secondary N) is 1. The number of rotatable bonds is 8. The molecule has 0 aliphatic rings. The molecule has 6 nitrogen and oxygen atoms in total. The molecule has 2 rings (SSSR count). The monoisotopic (exact) mass is 354 g/mol. The molecular weight excluding hydrogens is 332 g/mol. The predicted octanol–water partition coefficient (Wildman–Crippen LogP) is 1.83. The van der Waals surface area contributed by atoms with E-state index in [1.165, 1.54) is 0 Å². The molecule has 0 unspecified atom stereocenters. The van der Waals surface area contributed by atoms with E-state index >= 15 is 0 Å². The van der Waals surface area contributed by atoms with Gasteiger partial charge in [0.2, 0.25) is 11.8 Å². The summed E-state index contributed by atoms with van der Waals surface area (Å²) in [6, 6.07) is 17.3. The fourth-order valence-electron chi connectivity index (χ4n) is 2.83. The third kappa shape index (κ3) is 4.27. The van der Waals surface area contributed by atoms with Crippen molar-refractivity contribution in [3.63, 3.8) is 0 Å². The van der Waals surface area contributed by atoms with Crippen molar-refractivity contribution in [1.82, 2.24) is 5.32 Å². The fraction of sp³-hybridized carbons (Fsp3) is 0.250. The molecule has 0 aliphatic heterocycles. The molecule has 6 heteroatoms. The number of carbonyl (C=O) groups is 3. The molecule has 0 heterocycles. The van der Waals surface area contributed by atoms with Gasteiger partial charge in [0.05, 0.1) is 5.41 Å². The van der Waals surface area contributed by atoms with Crippen molar-refractivity contribution in [3.05, 3.63) is 71.8 Å². The Kier molecular flexibility index (Phi) is 6.11. The summed E-state index contributed by atoms with van der Waals surface area (Å²) >= 11 is 0. The molecule has 4 N–H and O–H groups in total. The number of primary amides is 1. The van der Waals surface area contributed by atoms with Crippen molar-refractivity contribution >= 4 is 17.8 Å². The van der Waals surface area contributed by atoms with Crippen LogP contribution in [0, 0.1) is 0 Å². The summed E-state index contributed by atoms with van der Waals surface area (Å²) in [5, 5.41) is 11.5. The highest BCUT2D eigenvalue weighted by Gasteiger charge is 2.38. The summed E-state index contributed by atoms with van der Waals surface area (Å²) in [6.45, 7) is 1.77. The molecule has 0 spiro atoms. The van der Waals surface area contributed by atoms with E-state index < -0.39 is 29.2 Å². The summed E-state index contributed by atoms with van der Waals surface area (Å²) < 4.78 is 0. The van der Waals surface area contributed by atoms with Crippen molar-refractivity contribution in [1.29, 1.82) is 0 Å². The number of hydrogen-bond acceptors (Lipinski definition) is 3. The lowest BCUT2D eigenvalue weighted by Crippen LogP contribution is -2.51. The molecule has 136 valence electrons. The minimum Gasteiger partial charge on any atom is -0.481 e. The van der Waals surface area contributed by atoms with Gasteiger partial charge in [0, 0.05) is 6.42 Å². The number of aliphatic carboxylic acids is 1. The Bertz CT molecular complexity index is 735. The third-order valence-corrected chi connectivity index (χ3v) is 4.45. The minimum atomic E-state index is -1.06. The van der Waals surface area contributed by atoms with Crippen LogP contribution >= 0.6 is 0 Å². The van der Waals surface area contributed by atoms with Crippen LogP contribution in [-0.4, -0.2) is 28.9 Å². The van der Waals surface area contributed by atoms with Gasteiger partial charge in [-0.15, -0.1) is 0 Å². The van der Waals surface area contributed by atoms with Gasteiger partial charge in [-0.2, -0.15) is 0 Å². The average Bonchev–Trinajstić information content (AvgIpc) is 2.65. The lowest BCUT2D eigenvalue weighted by atomic mass is 9.75. The molecule has 0 radical (unpaired) electrons. The first-order chi connectivity index (χ1) is 12.4. The van der Waals surface area contributed by atoms with Gasteiger partial charge in [-0.1, -0.05) is 60.7 Å². The summed E-state index contributed by atoms with van der Waals surface area (Å²) in [7, 11) is 0. The molecule has 2 aromatic rings. The maximum atomic E-state index is 13.2. The third-order valence-electron chi connectivity index (χ3n) is 4.45. The molecule has 0 saturated heterocycles. The van der Waals surface area contributed by atoms with Gasteiger partial charge in [-0.05, 0) is 24.5 Å². The van der Waals surface area contributed by atoms with E-state index in [0.717, 1.165) is 11.1 Å². The van der Waals surface area contributed by atoms with Crippen molar-refractivity contribution in [2.24, 2.45) is 5.73 Å². The van der Waals surface area contributed by atoms with Crippen LogP contribution < -0.4 is 11.1 Å². The van der Waals surface area contributed by atoms with E-state index in [2.05, 4.69) is 5.32 Å². The Hall–Kier alpha value is -3.15. The van der Waals surface area contributed by atoms with Crippen LogP contribution in [-0.2, 0) is 19.8 Å². The summed E-state index contributed by atoms with van der Waals surface area (Å²) in [4.78, 5) is 35.6. The van der Waals surface area contributed by atoms with Crippen LogP contribution in [0.4, 0.5) is 0 Å². The normalized spacial score (nSPS) is 12.2. The first kappa shape index (κ1) is 19.2. The quantitative estimate of drug-likeness (QED) is 0.672. The van der Waals surface area contributed by atoms with Gasteiger partial charge in [-0.3, -0.25) is 14.4 Å². The maximum Gasteiger partial charge on any atom is 0.303 e. The van der Waals surface area contributed by atoms with Crippen molar-refractivity contribution in [3.8, 4) is 0 Å². The highest BCUT2D eigenvalue weighted by Crippen LogP contribution is 2.32. The highest BCUT2D eigenvalue weighted by molar-refractivity contribution is 5.95. The number of hydrogen-bond donors (Lipinski definition) is 3. The van der Waals surface area contributed by atoms with E-state index in [9.17, 15) is 14.4 Å². The minimum absolute atomic E-state index is 0.0595. The standard InChI is InChI=1S/C20H22N2O4/c1-20(14-8-4-2-5-9-14,15-10-6-3-7-11-15)19(26)22-16(18(21)25)12-13-17(23)24/h2-11,16H,12-13H2,1H3,(H2,21,25)(H,22,26)(H,23,24)/t16-/m1/s1. The zero-order valence-corrected chi connectivity index (χ0v) is 14.5. The van der Waals surface area contributed by atoms with E-state index in [1.807, 2.05) is 60.7 Å². The second-order valence-electron chi connectivity index (χ2n) is 6.22. The molecule has 0 aliphatic carbocycles. The average molecular weight is 354 g/mol. The number of carboxylic acid groups (broad SMARTS) is 1. The molecule has 0 fully saturated rings. The van der Waals surface area contributed by atoms with Gasteiger partial charge in [0.1, 0.15) is 6.04 Å². The van der Waals surface area contributed by atoms with Crippen LogP contribution in [0.25, 0.3) is 0 Å². The van der Waals surface area contributed by atoms with Gasteiger partial charge in [-0.25, -0.2) is 0 Å². The largest absolute Gasteiger partial charge is 0.481 e. The molecule has 0 bridgehead atoms. The Morgan fingerprint density at radius 2 is 1.46 bits per heavy atom. The Morgan fingerprint density at radius 3 is 1.85 bits per heavy atom. The van der Waals surface area contributed by atoms with Crippen LogP contribution in [0.2, 0.25) is 0 Å². The van der Waals surface area contributed by atoms with Crippen molar-refractivity contribution in [2.75, 3.05) is 0 Å². The molecule has 0 aromatic heterocycles. The number of benzene rings is 2. The Balaban J connectivity index is 2.38. The van der Waals surface area contributed by atoms with E-state index in [0.29, 0.717) is 0 Å². The van der Waals surface area contributed by atoms with Gasteiger partial charge < -0.3 is 16.2 Å². The second-order valence-corrected chi connectivity index (χ2v) is 6.22. The van der Waals surface area contributed by atoms with Crippen molar-refractivity contribution < 1.29 is 19.5 Å². The summed E-state index contributed by atoms with van der Waals surface area (Å²) in [5.74, 6) is -2.23. The molecule has 2 aromatic carbocycles. The number of carbonyl (C=O) groups excluding carboxylic acids is 2. The second kappa shape index (κ2) is 8.29. The predicted molar refractivity (Wildman–Crippen MR) is 97.3 cm³/mol. The molecule has 26 heavy (non-hydrogen) atoms. The first-order valence-electron chi connectivity index (χ1n) is 8.29.